The van der Waals surface area contributed by atoms with Crippen molar-refractivity contribution in [3.63, 3.8) is 0 Å². The van der Waals surface area contributed by atoms with Crippen molar-refractivity contribution >= 4 is 6.09 Å². The number of amides is 1. The molecule has 1 saturated carbocycles. The molecule has 3 atom stereocenters. The van der Waals surface area contributed by atoms with Gasteiger partial charge in [0.1, 0.15) is 6.61 Å². The number of ether oxygens (including phenoxy) is 3. The van der Waals surface area contributed by atoms with Gasteiger partial charge < -0.3 is 19.3 Å². The molecule has 1 N–H and O–H groups in total. The number of methoxy groups -OCH3 is 2. The second kappa shape index (κ2) is 10.4. The molecule has 1 heterocycles. The minimum Gasteiger partial charge on any atom is -0.445 e. The van der Waals surface area contributed by atoms with Gasteiger partial charge in [0.05, 0.1) is 12.6 Å². The minimum atomic E-state index is -0.299. The van der Waals surface area contributed by atoms with Crippen LogP contribution in [0.1, 0.15) is 56.9 Å². The number of carbonyl (C=O) groups is 1. The lowest BCUT2D eigenvalue weighted by Gasteiger charge is -2.48. The lowest BCUT2D eigenvalue weighted by molar-refractivity contribution is -0.112. The molecule has 1 amide bonds. The van der Waals surface area contributed by atoms with Crippen LogP contribution in [-0.2, 0) is 20.8 Å². The highest BCUT2D eigenvalue weighted by molar-refractivity contribution is 5.70. The molecule has 29 heavy (non-hydrogen) atoms. The quantitative estimate of drug-likeness (QED) is 0.659. The number of benzene rings is 1. The Morgan fingerprint density at radius 2 is 1.93 bits per heavy atom. The van der Waals surface area contributed by atoms with Crippen molar-refractivity contribution in [1.29, 1.82) is 0 Å². The SMILES string of the molecule is COC(CC[C@@H]1CCCC[C@@]12CC[C@@H](CO)N2C(=O)OCc1ccccc1)OC. The molecule has 1 aliphatic carbocycles. The summed E-state index contributed by atoms with van der Waals surface area (Å²) in [7, 11) is 3.32. The zero-order valence-corrected chi connectivity index (χ0v) is 17.7. The summed E-state index contributed by atoms with van der Waals surface area (Å²) >= 11 is 0. The van der Waals surface area contributed by atoms with Gasteiger partial charge in [0.2, 0.25) is 0 Å². The number of aliphatic hydroxyl groups is 1. The van der Waals surface area contributed by atoms with Gasteiger partial charge in [0, 0.05) is 19.8 Å². The summed E-state index contributed by atoms with van der Waals surface area (Å²) < 4.78 is 16.5. The number of carbonyl (C=O) groups excluding carboxylic acids is 1. The van der Waals surface area contributed by atoms with Gasteiger partial charge in [-0.1, -0.05) is 43.2 Å². The van der Waals surface area contributed by atoms with Gasteiger partial charge >= 0.3 is 6.09 Å². The van der Waals surface area contributed by atoms with Crippen LogP contribution in [0.4, 0.5) is 4.79 Å². The van der Waals surface area contributed by atoms with Gasteiger partial charge in [-0.05, 0) is 50.0 Å². The van der Waals surface area contributed by atoms with Gasteiger partial charge in [-0.3, -0.25) is 4.90 Å². The largest absolute Gasteiger partial charge is 0.445 e. The van der Waals surface area contributed by atoms with E-state index in [9.17, 15) is 9.90 Å². The Bertz CT molecular complexity index is 635. The fraction of sp³-hybridized carbons (Fsp3) is 0.696. The van der Waals surface area contributed by atoms with Crippen LogP contribution < -0.4 is 0 Å². The molecule has 6 nitrogen and oxygen atoms in total. The Morgan fingerprint density at radius 1 is 1.17 bits per heavy atom. The monoisotopic (exact) mass is 405 g/mol. The molecule has 1 saturated heterocycles. The molecule has 0 unspecified atom stereocenters. The van der Waals surface area contributed by atoms with Crippen molar-refractivity contribution in [3.05, 3.63) is 35.9 Å². The number of rotatable bonds is 8. The summed E-state index contributed by atoms with van der Waals surface area (Å²) in [6, 6.07) is 9.57. The lowest BCUT2D eigenvalue weighted by atomic mass is 9.69. The van der Waals surface area contributed by atoms with E-state index in [1.54, 1.807) is 14.2 Å². The average Bonchev–Trinajstić information content (AvgIpc) is 3.13. The molecule has 1 aromatic carbocycles. The second-order valence-electron chi connectivity index (χ2n) is 8.31. The number of nitrogens with zero attached hydrogens (tertiary/aromatic N) is 1. The third-order valence-corrected chi connectivity index (χ3v) is 6.82. The first-order chi connectivity index (χ1) is 14.1. The standard InChI is InChI=1S/C23H35NO5/c1-27-21(28-2)12-11-19-10-6-7-14-23(19)15-13-20(16-25)24(23)22(26)29-17-18-8-4-3-5-9-18/h3-5,8-9,19-21,25H,6-7,10-17H2,1-2H3/t19-,20-,23+/m0/s1. The van der Waals surface area contributed by atoms with E-state index >= 15 is 0 Å². The maximum Gasteiger partial charge on any atom is 0.410 e. The highest BCUT2D eigenvalue weighted by Crippen LogP contribution is 2.49. The predicted molar refractivity (Wildman–Crippen MR) is 110 cm³/mol. The molecule has 1 aliphatic heterocycles. The third-order valence-electron chi connectivity index (χ3n) is 6.82. The van der Waals surface area contributed by atoms with Crippen LogP contribution in [0.25, 0.3) is 0 Å². The Balaban J connectivity index is 1.75. The van der Waals surface area contributed by atoms with E-state index in [0.29, 0.717) is 5.92 Å². The van der Waals surface area contributed by atoms with E-state index in [4.69, 9.17) is 14.2 Å². The zero-order valence-electron chi connectivity index (χ0n) is 17.7. The van der Waals surface area contributed by atoms with Crippen LogP contribution in [0.3, 0.4) is 0 Å². The second-order valence-corrected chi connectivity index (χ2v) is 8.31. The van der Waals surface area contributed by atoms with Crippen LogP contribution in [-0.4, -0.2) is 54.8 Å². The topological polar surface area (TPSA) is 68.2 Å². The maximum absolute atomic E-state index is 13.2. The molecule has 1 aromatic rings. The minimum absolute atomic E-state index is 0.0202. The Morgan fingerprint density at radius 3 is 2.62 bits per heavy atom. The molecule has 2 aliphatic rings. The molecule has 6 heteroatoms. The van der Waals surface area contributed by atoms with Crippen molar-refractivity contribution < 1.29 is 24.1 Å². The summed E-state index contributed by atoms with van der Waals surface area (Å²) in [4.78, 5) is 15.1. The van der Waals surface area contributed by atoms with Crippen molar-refractivity contribution in [2.45, 2.75) is 75.8 Å². The molecule has 0 bridgehead atoms. The highest BCUT2D eigenvalue weighted by Gasteiger charge is 2.54. The van der Waals surface area contributed by atoms with Crippen molar-refractivity contribution in [1.82, 2.24) is 4.90 Å². The van der Waals surface area contributed by atoms with Crippen LogP contribution in [0.15, 0.2) is 30.3 Å². The molecule has 3 rings (SSSR count). The summed E-state index contributed by atoms with van der Waals surface area (Å²) in [6.07, 6.45) is 7.31. The summed E-state index contributed by atoms with van der Waals surface area (Å²) in [5.74, 6) is 0.366. The zero-order chi connectivity index (χ0) is 20.7. The molecule has 2 fully saturated rings. The molecule has 162 valence electrons. The van der Waals surface area contributed by atoms with Crippen LogP contribution in [0, 0.1) is 5.92 Å². The van der Waals surface area contributed by atoms with E-state index in [1.807, 2.05) is 35.2 Å². The first-order valence-corrected chi connectivity index (χ1v) is 10.8. The molecule has 0 radical (unpaired) electrons. The number of likely N-dealkylation sites (tertiary alicyclic amines) is 1. The fourth-order valence-electron chi connectivity index (χ4n) is 5.35. The Labute approximate surface area is 174 Å². The number of hydrogen-bond acceptors (Lipinski definition) is 5. The summed E-state index contributed by atoms with van der Waals surface area (Å²) in [5, 5.41) is 9.98. The molecule has 1 spiro atoms. The average molecular weight is 406 g/mol. The fourth-order valence-corrected chi connectivity index (χ4v) is 5.35. The predicted octanol–water partition coefficient (Wildman–Crippen LogP) is 4.11. The summed E-state index contributed by atoms with van der Waals surface area (Å²) in [6.45, 7) is 0.234. The number of hydrogen-bond donors (Lipinski definition) is 1. The maximum atomic E-state index is 13.2. The first-order valence-electron chi connectivity index (χ1n) is 10.8. The van der Waals surface area contributed by atoms with E-state index in [-0.39, 0.29) is 37.2 Å². The van der Waals surface area contributed by atoms with E-state index in [1.165, 1.54) is 6.42 Å². The Hall–Kier alpha value is -1.63. The first kappa shape index (κ1) is 22.1. The van der Waals surface area contributed by atoms with Gasteiger partial charge in [-0.2, -0.15) is 0 Å². The normalized spacial score (nSPS) is 27.0. The lowest BCUT2D eigenvalue weighted by Crippen LogP contribution is -2.57. The summed E-state index contributed by atoms with van der Waals surface area (Å²) in [5.41, 5.74) is 0.740. The smallest absolute Gasteiger partial charge is 0.410 e. The molecular formula is C23H35NO5. The van der Waals surface area contributed by atoms with Crippen LogP contribution >= 0.6 is 0 Å². The van der Waals surface area contributed by atoms with Gasteiger partial charge in [0.25, 0.3) is 0 Å². The highest BCUT2D eigenvalue weighted by atomic mass is 16.7. The van der Waals surface area contributed by atoms with E-state index in [2.05, 4.69) is 0 Å². The van der Waals surface area contributed by atoms with Crippen molar-refractivity contribution in [2.75, 3.05) is 20.8 Å². The van der Waals surface area contributed by atoms with Crippen molar-refractivity contribution in [2.24, 2.45) is 5.92 Å². The van der Waals surface area contributed by atoms with Crippen molar-refractivity contribution in [3.8, 4) is 0 Å². The Kier molecular flexibility index (Phi) is 7.92. The number of aliphatic hydroxyl groups excluding tert-OH is 1. The van der Waals surface area contributed by atoms with Gasteiger partial charge in [-0.15, -0.1) is 0 Å². The van der Waals surface area contributed by atoms with E-state index in [0.717, 1.165) is 50.5 Å². The van der Waals surface area contributed by atoms with Crippen LogP contribution in [0.2, 0.25) is 0 Å². The molecular weight excluding hydrogens is 370 g/mol. The van der Waals surface area contributed by atoms with Crippen LogP contribution in [0.5, 0.6) is 0 Å². The van der Waals surface area contributed by atoms with Gasteiger partial charge in [-0.25, -0.2) is 4.79 Å². The van der Waals surface area contributed by atoms with Gasteiger partial charge in [0.15, 0.2) is 6.29 Å². The molecule has 0 aromatic heterocycles. The third kappa shape index (κ3) is 4.93. The van der Waals surface area contributed by atoms with E-state index < -0.39 is 0 Å².